The highest BCUT2D eigenvalue weighted by atomic mass is 32.2. The van der Waals surface area contributed by atoms with E-state index >= 15 is 0 Å². The molecule has 0 spiro atoms. The highest BCUT2D eigenvalue weighted by Crippen LogP contribution is 2.16. The third-order valence-electron chi connectivity index (χ3n) is 3.01. The van der Waals surface area contributed by atoms with Gasteiger partial charge in [-0.2, -0.15) is 37.3 Å². The summed E-state index contributed by atoms with van der Waals surface area (Å²) in [6, 6.07) is 0. The maximum atomic E-state index is 11.4. The number of nitrogens with one attached hydrogen (secondary N) is 4. The summed E-state index contributed by atoms with van der Waals surface area (Å²) < 4.78 is 64.2. The summed E-state index contributed by atoms with van der Waals surface area (Å²) in [4.78, 5) is 12.2. The Morgan fingerprint density at radius 1 is 0.867 bits per heavy atom. The standard InChI is InChI=1S/C12H25N7O8S3/c1-24-9-13-8-16-27-28-12-18-10(14-4-6-29(20,21)25-2)17-11(19-12)15-5-7-30(22,23)26-3/h13,16H,4-9H2,1-3H3,(H2,14,15,17,18,19). The molecular weight excluding hydrogens is 466 g/mol. The first kappa shape index (κ1) is 26.7. The van der Waals surface area contributed by atoms with Crippen molar-refractivity contribution in [3.63, 3.8) is 0 Å². The lowest BCUT2D eigenvalue weighted by Gasteiger charge is -2.10. The van der Waals surface area contributed by atoms with Crippen molar-refractivity contribution in [3.8, 4) is 0 Å². The minimum Gasteiger partial charge on any atom is -0.370 e. The molecule has 0 radical (unpaired) electrons. The monoisotopic (exact) mass is 491 g/mol. The smallest absolute Gasteiger partial charge is 0.268 e. The summed E-state index contributed by atoms with van der Waals surface area (Å²) in [6.07, 6.45) is 0. The minimum atomic E-state index is -3.66. The van der Waals surface area contributed by atoms with Crippen molar-refractivity contribution in [2.45, 2.75) is 5.16 Å². The maximum absolute atomic E-state index is 11.4. The van der Waals surface area contributed by atoms with Gasteiger partial charge in [0.05, 0.1) is 51.2 Å². The molecule has 174 valence electrons. The maximum Gasteiger partial charge on any atom is 0.268 e. The number of hydroxylamine groups is 1. The van der Waals surface area contributed by atoms with E-state index in [-0.39, 0.29) is 48.3 Å². The molecule has 18 heteroatoms. The number of aromatic nitrogens is 3. The van der Waals surface area contributed by atoms with E-state index in [9.17, 15) is 16.8 Å². The number of hydrogen-bond donors (Lipinski definition) is 4. The number of rotatable bonds is 17. The Balaban J connectivity index is 2.73. The summed E-state index contributed by atoms with van der Waals surface area (Å²) in [5.74, 6) is -0.514. The van der Waals surface area contributed by atoms with Gasteiger partial charge >= 0.3 is 0 Å². The van der Waals surface area contributed by atoms with Gasteiger partial charge in [0.15, 0.2) is 0 Å². The van der Waals surface area contributed by atoms with E-state index in [0.717, 1.165) is 26.3 Å². The van der Waals surface area contributed by atoms with Crippen LogP contribution in [-0.4, -0.2) is 91.1 Å². The van der Waals surface area contributed by atoms with Gasteiger partial charge in [0.2, 0.25) is 17.1 Å². The summed E-state index contributed by atoms with van der Waals surface area (Å²) in [6.45, 7) is 0.555. The van der Waals surface area contributed by atoms with Crippen LogP contribution in [0.25, 0.3) is 0 Å². The van der Waals surface area contributed by atoms with Crippen molar-refractivity contribution < 1.29 is 34.2 Å². The van der Waals surface area contributed by atoms with Gasteiger partial charge in [-0.3, -0.25) is 13.7 Å². The van der Waals surface area contributed by atoms with E-state index in [2.05, 4.69) is 44.7 Å². The van der Waals surface area contributed by atoms with Crippen molar-refractivity contribution in [1.82, 2.24) is 25.7 Å². The van der Waals surface area contributed by atoms with Gasteiger partial charge in [0, 0.05) is 20.2 Å². The lowest BCUT2D eigenvalue weighted by atomic mass is 10.7. The van der Waals surface area contributed by atoms with Crippen LogP contribution < -0.4 is 21.4 Å². The van der Waals surface area contributed by atoms with Crippen molar-refractivity contribution in [2.24, 2.45) is 0 Å². The Morgan fingerprint density at radius 3 is 1.87 bits per heavy atom. The average Bonchev–Trinajstić information content (AvgIpc) is 2.70. The molecule has 0 fully saturated rings. The van der Waals surface area contributed by atoms with E-state index in [1.165, 1.54) is 7.11 Å². The van der Waals surface area contributed by atoms with Crippen molar-refractivity contribution in [2.75, 3.05) is 70.0 Å². The molecule has 4 N–H and O–H groups in total. The molecule has 0 aliphatic heterocycles. The van der Waals surface area contributed by atoms with Crippen LogP contribution in [0.5, 0.6) is 0 Å². The Kier molecular flexibility index (Phi) is 12.3. The van der Waals surface area contributed by atoms with Gasteiger partial charge in [-0.1, -0.05) is 0 Å². The first-order valence-corrected chi connectivity index (χ1v) is 12.2. The number of nitrogens with zero attached hydrogens (tertiary/aromatic N) is 3. The predicted molar refractivity (Wildman–Crippen MR) is 108 cm³/mol. The fourth-order valence-corrected chi connectivity index (χ4v) is 3.07. The van der Waals surface area contributed by atoms with Crippen molar-refractivity contribution in [3.05, 3.63) is 0 Å². The summed E-state index contributed by atoms with van der Waals surface area (Å²) >= 11 is 0.774. The van der Waals surface area contributed by atoms with Crippen molar-refractivity contribution >= 4 is 44.2 Å². The topological polar surface area (TPSA) is 192 Å². The van der Waals surface area contributed by atoms with Crippen LogP contribution >= 0.6 is 12.0 Å². The molecular formula is C12H25N7O8S3. The summed E-state index contributed by atoms with van der Waals surface area (Å²) in [5, 5.41) is 8.43. The Labute approximate surface area is 179 Å². The molecule has 1 aromatic heterocycles. The normalized spacial score (nSPS) is 12.1. The zero-order valence-electron chi connectivity index (χ0n) is 16.6. The SMILES string of the molecule is COCNCNOSc1nc(NCCS(=O)(=O)OC)nc(NCCS(=O)(=O)OC)n1. The van der Waals surface area contributed by atoms with Gasteiger partial charge in [-0.25, -0.2) is 4.28 Å². The third-order valence-corrected chi connectivity index (χ3v) is 5.97. The second kappa shape index (κ2) is 13.8. The van der Waals surface area contributed by atoms with Gasteiger partial charge in [0.1, 0.15) is 0 Å². The fourth-order valence-electron chi connectivity index (χ4n) is 1.59. The Hall–Kier alpha value is -1.38. The minimum absolute atomic E-state index is 0.0260. The molecule has 15 nitrogen and oxygen atoms in total. The predicted octanol–water partition coefficient (Wildman–Crippen LogP) is -1.67. The zero-order chi connectivity index (χ0) is 22.5. The third kappa shape index (κ3) is 11.7. The Bertz CT molecular complexity index is 782. The zero-order valence-corrected chi connectivity index (χ0v) is 19.0. The molecule has 1 heterocycles. The molecule has 0 unspecified atom stereocenters. The highest BCUT2D eigenvalue weighted by Gasteiger charge is 2.13. The summed E-state index contributed by atoms with van der Waals surface area (Å²) in [7, 11) is -3.65. The number of methoxy groups -OCH3 is 1. The molecule has 0 saturated carbocycles. The molecule has 0 atom stereocenters. The number of hydrogen-bond acceptors (Lipinski definition) is 16. The van der Waals surface area contributed by atoms with E-state index in [0.29, 0.717) is 6.73 Å². The van der Waals surface area contributed by atoms with E-state index in [4.69, 9.17) is 9.02 Å². The molecule has 0 amide bonds. The van der Waals surface area contributed by atoms with E-state index in [1.54, 1.807) is 0 Å². The van der Waals surface area contributed by atoms with Crippen molar-refractivity contribution in [1.29, 1.82) is 0 Å². The van der Waals surface area contributed by atoms with Crippen LogP contribution in [0, 0.1) is 0 Å². The Morgan fingerprint density at radius 2 is 1.40 bits per heavy atom. The second-order valence-corrected chi connectivity index (χ2v) is 9.56. The van der Waals surface area contributed by atoms with Gasteiger partial charge in [-0.05, 0) is 0 Å². The van der Waals surface area contributed by atoms with Crippen LogP contribution in [0.2, 0.25) is 0 Å². The molecule has 0 saturated heterocycles. The van der Waals surface area contributed by atoms with Gasteiger partial charge in [0.25, 0.3) is 20.2 Å². The first-order valence-electron chi connectivity index (χ1n) is 8.28. The lowest BCUT2D eigenvalue weighted by molar-refractivity contribution is 0.148. The van der Waals surface area contributed by atoms with Gasteiger partial charge in [-0.15, -0.1) is 0 Å². The molecule has 0 bridgehead atoms. The quantitative estimate of drug-likeness (QED) is 0.0634. The van der Waals surface area contributed by atoms with Crippen LogP contribution in [-0.2, 0) is 37.6 Å². The van der Waals surface area contributed by atoms with Gasteiger partial charge < -0.3 is 15.4 Å². The molecule has 0 aromatic carbocycles. The number of anilines is 2. The molecule has 1 rings (SSSR count). The largest absolute Gasteiger partial charge is 0.370 e. The fraction of sp³-hybridized carbons (Fsp3) is 0.750. The van der Waals surface area contributed by atoms with Crippen LogP contribution in [0.4, 0.5) is 11.9 Å². The number of ether oxygens (including phenoxy) is 1. The van der Waals surface area contributed by atoms with E-state index < -0.39 is 20.2 Å². The lowest BCUT2D eigenvalue weighted by Crippen LogP contribution is -2.29. The molecule has 1 aromatic rings. The first-order chi connectivity index (χ1) is 14.2. The van der Waals surface area contributed by atoms with Crippen LogP contribution in [0.1, 0.15) is 0 Å². The van der Waals surface area contributed by atoms with E-state index in [1.807, 2.05) is 0 Å². The summed E-state index contributed by atoms with van der Waals surface area (Å²) in [5.41, 5.74) is 2.59. The highest BCUT2D eigenvalue weighted by molar-refractivity contribution is 7.94. The molecule has 30 heavy (non-hydrogen) atoms. The second-order valence-electron chi connectivity index (χ2n) is 5.15. The van der Waals surface area contributed by atoms with Crippen LogP contribution in [0.3, 0.4) is 0 Å². The molecule has 0 aliphatic carbocycles. The average molecular weight is 492 g/mol. The molecule has 0 aliphatic rings. The van der Waals surface area contributed by atoms with Crippen LogP contribution in [0.15, 0.2) is 5.16 Å².